The zero-order valence-electron chi connectivity index (χ0n) is 13.3. The molecule has 124 valence electrons. The standard InChI is InChI=1S/C18H18N2O4/c1-12(21)18(14-4-8-16(9-5-14)20(23)24)11-17(22)10-13-2-6-15(19)7-3-13/h2-9,18H,10-11,19H2,1H3. The van der Waals surface area contributed by atoms with Crippen LogP contribution in [-0.2, 0) is 16.0 Å². The SMILES string of the molecule is CC(=O)C(CC(=O)Cc1ccc(N)cc1)c1ccc([N+](=O)[O-])cc1. The van der Waals surface area contributed by atoms with E-state index in [0.717, 1.165) is 5.56 Å². The Kier molecular flexibility index (Phi) is 5.42. The second-order valence-electron chi connectivity index (χ2n) is 5.67. The first-order valence-corrected chi connectivity index (χ1v) is 7.47. The predicted octanol–water partition coefficient (Wildman–Crippen LogP) is 3.05. The smallest absolute Gasteiger partial charge is 0.269 e. The number of hydrogen-bond donors (Lipinski definition) is 1. The van der Waals surface area contributed by atoms with Crippen molar-refractivity contribution >= 4 is 22.9 Å². The van der Waals surface area contributed by atoms with Crippen molar-refractivity contribution < 1.29 is 14.5 Å². The summed E-state index contributed by atoms with van der Waals surface area (Å²) in [5.74, 6) is -0.806. The van der Waals surface area contributed by atoms with Crippen LogP contribution in [-0.4, -0.2) is 16.5 Å². The van der Waals surface area contributed by atoms with Crippen LogP contribution in [0.1, 0.15) is 30.4 Å². The summed E-state index contributed by atoms with van der Waals surface area (Å²) in [6, 6.07) is 12.7. The Morgan fingerprint density at radius 1 is 1.08 bits per heavy atom. The molecule has 2 rings (SSSR count). The Morgan fingerprint density at radius 3 is 2.17 bits per heavy atom. The summed E-state index contributed by atoms with van der Waals surface area (Å²) in [6.45, 7) is 1.42. The van der Waals surface area contributed by atoms with Crippen molar-refractivity contribution in [1.82, 2.24) is 0 Å². The van der Waals surface area contributed by atoms with Crippen LogP contribution in [0.5, 0.6) is 0 Å². The van der Waals surface area contributed by atoms with Gasteiger partial charge in [0.05, 0.1) is 4.92 Å². The molecule has 0 amide bonds. The lowest BCUT2D eigenvalue weighted by molar-refractivity contribution is -0.384. The summed E-state index contributed by atoms with van der Waals surface area (Å²) < 4.78 is 0. The molecule has 0 aliphatic heterocycles. The topological polar surface area (TPSA) is 103 Å². The Labute approximate surface area is 139 Å². The van der Waals surface area contributed by atoms with Crippen LogP contribution >= 0.6 is 0 Å². The normalized spacial score (nSPS) is 11.7. The number of nitrogens with two attached hydrogens (primary N) is 1. The number of Topliss-reactive ketones (excluding diaryl/α,β-unsaturated/α-hetero) is 2. The van der Waals surface area contributed by atoms with E-state index < -0.39 is 10.8 Å². The summed E-state index contributed by atoms with van der Waals surface area (Å²) in [6.07, 6.45) is 0.286. The van der Waals surface area contributed by atoms with E-state index in [0.29, 0.717) is 11.3 Å². The molecule has 0 bridgehead atoms. The zero-order valence-corrected chi connectivity index (χ0v) is 13.3. The Morgan fingerprint density at radius 2 is 1.67 bits per heavy atom. The van der Waals surface area contributed by atoms with Crippen molar-refractivity contribution in [1.29, 1.82) is 0 Å². The minimum absolute atomic E-state index is 0.0470. The Hall–Kier alpha value is -3.02. The molecule has 0 aliphatic rings. The highest BCUT2D eigenvalue weighted by Gasteiger charge is 2.21. The fourth-order valence-electron chi connectivity index (χ4n) is 2.49. The monoisotopic (exact) mass is 326 g/mol. The molecule has 2 aromatic rings. The molecular weight excluding hydrogens is 308 g/mol. The minimum atomic E-state index is -0.591. The molecule has 0 saturated carbocycles. The number of carbonyl (C=O) groups excluding carboxylic acids is 2. The lowest BCUT2D eigenvalue weighted by atomic mass is 9.89. The lowest BCUT2D eigenvalue weighted by Gasteiger charge is -2.13. The van der Waals surface area contributed by atoms with Gasteiger partial charge in [-0.3, -0.25) is 19.7 Å². The van der Waals surface area contributed by atoms with Gasteiger partial charge >= 0.3 is 0 Å². The molecule has 2 aromatic carbocycles. The summed E-state index contributed by atoms with van der Waals surface area (Å²) in [7, 11) is 0. The molecule has 6 heteroatoms. The molecule has 0 radical (unpaired) electrons. The van der Waals surface area contributed by atoms with E-state index in [-0.39, 0.29) is 30.1 Å². The molecule has 24 heavy (non-hydrogen) atoms. The summed E-state index contributed by atoms with van der Waals surface area (Å²) in [5.41, 5.74) is 7.63. The van der Waals surface area contributed by atoms with E-state index in [9.17, 15) is 19.7 Å². The molecule has 2 N–H and O–H groups in total. The van der Waals surface area contributed by atoms with Gasteiger partial charge in [-0.1, -0.05) is 24.3 Å². The number of benzene rings is 2. The van der Waals surface area contributed by atoms with E-state index in [2.05, 4.69) is 0 Å². The van der Waals surface area contributed by atoms with Crippen LogP contribution in [0.4, 0.5) is 11.4 Å². The van der Waals surface area contributed by atoms with Gasteiger partial charge in [-0.2, -0.15) is 0 Å². The minimum Gasteiger partial charge on any atom is -0.399 e. The van der Waals surface area contributed by atoms with E-state index in [1.165, 1.54) is 31.2 Å². The maximum absolute atomic E-state index is 12.3. The highest BCUT2D eigenvalue weighted by molar-refractivity contribution is 5.91. The number of nitrogen functional groups attached to an aromatic ring is 1. The predicted molar refractivity (Wildman–Crippen MR) is 90.7 cm³/mol. The van der Waals surface area contributed by atoms with Crippen LogP contribution < -0.4 is 5.73 Å². The number of hydrogen-bond acceptors (Lipinski definition) is 5. The van der Waals surface area contributed by atoms with Crippen molar-refractivity contribution in [3.05, 3.63) is 69.8 Å². The molecule has 1 atom stereocenters. The third-order valence-corrected chi connectivity index (χ3v) is 3.81. The number of carbonyl (C=O) groups is 2. The molecule has 6 nitrogen and oxygen atoms in total. The van der Waals surface area contributed by atoms with Gasteiger partial charge < -0.3 is 5.73 Å². The van der Waals surface area contributed by atoms with E-state index >= 15 is 0 Å². The second kappa shape index (κ2) is 7.50. The fraction of sp³-hybridized carbons (Fsp3) is 0.222. The third-order valence-electron chi connectivity index (χ3n) is 3.81. The van der Waals surface area contributed by atoms with Crippen molar-refractivity contribution in [3.8, 4) is 0 Å². The molecule has 1 unspecified atom stereocenters. The number of ketones is 2. The summed E-state index contributed by atoms with van der Waals surface area (Å²) in [5, 5.41) is 10.7. The van der Waals surface area contributed by atoms with Gasteiger partial charge in [0, 0.05) is 36.6 Å². The van der Waals surface area contributed by atoms with Crippen LogP contribution in [0.2, 0.25) is 0 Å². The number of non-ortho nitro benzene ring substituents is 1. The van der Waals surface area contributed by atoms with Gasteiger partial charge in [0.15, 0.2) is 0 Å². The third kappa shape index (κ3) is 4.49. The van der Waals surface area contributed by atoms with Gasteiger partial charge in [0.25, 0.3) is 5.69 Å². The number of nitro groups is 1. The number of rotatable bonds is 7. The van der Waals surface area contributed by atoms with E-state index in [4.69, 9.17) is 5.73 Å². The van der Waals surface area contributed by atoms with Crippen molar-refractivity contribution in [2.45, 2.75) is 25.7 Å². The number of nitro benzene ring substituents is 1. The zero-order chi connectivity index (χ0) is 17.7. The highest BCUT2D eigenvalue weighted by Crippen LogP contribution is 2.24. The number of nitrogens with zero attached hydrogens (tertiary/aromatic N) is 1. The van der Waals surface area contributed by atoms with Crippen LogP contribution in [0.15, 0.2) is 48.5 Å². The Bertz CT molecular complexity index is 752. The molecule has 0 heterocycles. The number of anilines is 1. The fourth-order valence-corrected chi connectivity index (χ4v) is 2.49. The van der Waals surface area contributed by atoms with Gasteiger partial charge in [-0.15, -0.1) is 0 Å². The van der Waals surface area contributed by atoms with E-state index in [1.54, 1.807) is 24.3 Å². The van der Waals surface area contributed by atoms with Gasteiger partial charge in [0.2, 0.25) is 0 Å². The van der Waals surface area contributed by atoms with Crippen LogP contribution in [0, 0.1) is 10.1 Å². The second-order valence-corrected chi connectivity index (χ2v) is 5.67. The molecule has 0 aliphatic carbocycles. The van der Waals surface area contributed by atoms with Gasteiger partial charge in [-0.25, -0.2) is 0 Å². The molecule has 0 aromatic heterocycles. The largest absolute Gasteiger partial charge is 0.399 e. The van der Waals surface area contributed by atoms with Crippen molar-refractivity contribution in [2.24, 2.45) is 0 Å². The average molecular weight is 326 g/mol. The highest BCUT2D eigenvalue weighted by atomic mass is 16.6. The van der Waals surface area contributed by atoms with Crippen LogP contribution in [0.25, 0.3) is 0 Å². The van der Waals surface area contributed by atoms with Crippen molar-refractivity contribution in [3.63, 3.8) is 0 Å². The summed E-state index contributed by atoms with van der Waals surface area (Å²) >= 11 is 0. The molecule has 0 fully saturated rings. The quantitative estimate of drug-likeness (QED) is 0.478. The van der Waals surface area contributed by atoms with Gasteiger partial charge in [0.1, 0.15) is 11.6 Å². The first-order chi connectivity index (χ1) is 11.4. The van der Waals surface area contributed by atoms with Crippen molar-refractivity contribution in [2.75, 3.05) is 5.73 Å². The summed E-state index contributed by atoms with van der Waals surface area (Å²) in [4.78, 5) is 34.4. The Balaban J connectivity index is 2.10. The molecule has 0 saturated heterocycles. The maximum atomic E-state index is 12.3. The maximum Gasteiger partial charge on any atom is 0.269 e. The van der Waals surface area contributed by atoms with Gasteiger partial charge in [-0.05, 0) is 30.2 Å². The first kappa shape index (κ1) is 17.3. The van der Waals surface area contributed by atoms with E-state index in [1.807, 2.05) is 0 Å². The van der Waals surface area contributed by atoms with Crippen LogP contribution in [0.3, 0.4) is 0 Å². The lowest BCUT2D eigenvalue weighted by Crippen LogP contribution is -2.15. The molecular formula is C18H18N2O4. The first-order valence-electron chi connectivity index (χ1n) is 7.47. The molecule has 0 spiro atoms. The average Bonchev–Trinajstić information content (AvgIpc) is 2.54.